The van der Waals surface area contributed by atoms with Crippen LogP contribution in [0.5, 0.6) is 17.2 Å². The van der Waals surface area contributed by atoms with Gasteiger partial charge in [0.1, 0.15) is 5.75 Å². The van der Waals surface area contributed by atoms with Crippen LogP contribution in [0.25, 0.3) is 0 Å². The number of carbonyl (C=O) groups is 1. The van der Waals surface area contributed by atoms with E-state index in [0.29, 0.717) is 17.2 Å². The number of para-hydroxylation sites is 5. The third-order valence-electron chi connectivity index (χ3n) is 3.61. The van der Waals surface area contributed by atoms with E-state index in [1.54, 1.807) is 54.6 Å². The zero-order valence-corrected chi connectivity index (χ0v) is 15.4. The van der Waals surface area contributed by atoms with Crippen molar-refractivity contribution in [3.05, 3.63) is 78.9 Å². The highest BCUT2D eigenvalue weighted by Crippen LogP contribution is 2.40. The van der Waals surface area contributed by atoms with Crippen LogP contribution in [0, 0.1) is 0 Å². The lowest BCUT2D eigenvalue weighted by Crippen LogP contribution is -2.32. The largest absolute Gasteiger partial charge is 0.455 e. The van der Waals surface area contributed by atoms with Crippen LogP contribution in [0.15, 0.2) is 78.9 Å². The van der Waals surface area contributed by atoms with Gasteiger partial charge in [-0.15, -0.1) is 0 Å². The number of benzene rings is 3. The second-order valence-corrected chi connectivity index (χ2v) is 6.75. The Morgan fingerprint density at radius 2 is 1.29 bits per heavy atom. The summed E-state index contributed by atoms with van der Waals surface area (Å²) in [5.74, 6) is 0.727. The Balaban J connectivity index is 2.09. The van der Waals surface area contributed by atoms with E-state index in [2.05, 4.69) is 0 Å². The minimum atomic E-state index is -4.31. The Bertz CT molecular complexity index is 1090. The summed E-state index contributed by atoms with van der Waals surface area (Å²) >= 11 is 0. The zero-order chi connectivity index (χ0) is 20.1. The number of hydrogen-bond acceptors (Lipinski definition) is 5. The highest BCUT2D eigenvalue weighted by molar-refractivity contribution is 7.84. The monoisotopic (exact) mass is 399 g/mol. The van der Waals surface area contributed by atoms with Crippen molar-refractivity contribution < 1.29 is 22.1 Å². The molecule has 0 aliphatic carbocycles. The van der Waals surface area contributed by atoms with Crippen LogP contribution in [0.3, 0.4) is 0 Å². The molecule has 28 heavy (non-hydrogen) atoms. The highest BCUT2D eigenvalue weighted by atomic mass is 32.2. The van der Waals surface area contributed by atoms with Crippen molar-refractivity contribution in [2.75, 3.05) is 4.90 Å². The van der Waals surface area contributed by atoms with E-state index in [1.165, 1.54) is 18.2 Å². The number of nitrogens with zero attached hydrogens (tertiary/aromatic N) is 1. The number of primary amides is 1. The van der Waals surface area contributed by atoms with E-state index in [4.69, 9.17) is 19.8 Å². The van der Waals surface area contributed by atoms with Crippen molar-refractivity contribution in [1.29, 1.82) is 0 Å². The number of rotatable bonds is 6. The van der Waals surface area contributed by atoms with Gasteiger partial charge in [0.25, 0.3) is 0 Å². The molecule has 2 amide bonds. The number of nitrogens with two attached hydrogens (primary N) is 2. The zero-order valence-electron chi connectivity index (χ0n) is 14.6. The molecule has 3 aromatic rings. The Morgan fingerprint density at radius 3 is 1.86 bits per heavy atom. The first kappa shape index (κ1) is 19.2. The van der Waals surface area contributed by atoms with Crippen molar-refractivity contribution in [2.45, 2.75) is 0 Å². The normalized spacial score (nSPS) is 10.9. The number of ether oxygens (including phenoxy) is 1. The fraction of sp³-hybridized carbons (Fsp3) is 0. The van der Waals surface area contributed by atoms with Crippen LogP contribution in [-0.4, -0.2) is 14.4 Å². The molecule has 0 bridgehead atoms. The Labute approximate surface area is 162 Å². The number of anilines is 2. The molecule has 8 nitrogen and oxygen atoms in total. The second-order valence-electron chi connectivity index (χ2n) is 5.60. The molecular formula is C19H17N3O5S. The number of amides is 2. The minimum absolute atomic E-state index is 0.0909. The van der Waals surface area contributed by atoms with Gasteiger partial charge in [0, 0.05) is 0 Å². The molecule has 0 fully saturated rings. The Kier molecular flexibility index (Phi) is 5.48. The summed E-state index contributed by atoms with van der Waals surface area (Å²) in [6.07, 6.45) is 0. The van der Waals surface area contributed by atoms with Crippen LogP contribution < -0.4 is 24.7 Å². The quantitative estimate of drug-likeness (QED) is 0.658. The van der Waals surface area contributed by atoms with Crippen LogP contribution in [-0.2, 0) is 10.3 Å². The summed E-state index contributed by atoms with van der Waals surface area (Å²) in [5.41, 5.74) is 5.98. The van der Waals surface area contributed by atoms with Crippen molar-refractivity contribution in [1.82, 2.24) is 0 Å². The summed E-state index contributed by atoms with van der Waals surface area (Å²) in [4.78, 5) is 13.4. The van der Waals surface area contributed by atoms with Gasteiger partial charge in [0.2, 0.25) is 0 Å². The summed E-state index contributed by atoms with van der Waals surface area (Å²) in [7, 11) is -4.31. The van der Waals surface area contributed by atoms with E-state index >= 15 is 0 Å². The van der Waals surface area contributed by atoms with Crippen LogP contribution in [0.2, 0.25) is 0 Å². The maximum absolute atomic E-state index is 12.3. The molecule has 0 saturated carbocycles. The van der Waals surface area contributed by atoms with Gasteiger partial charge < -0.3 is 14.7 Å². The molecule has 0 heterocycles. The third kappa shape index (κ3) is 4.58. The van der Waals surface area contributed by atoms with Crippen LogP contribution in [0.4, 0.5) is 16.2 Å². The molecule has 144 valence electrons. The smallest absolute Gasteiger partial charge is 0.380 e. The van der Waals surface area contributed by atoms with E-state index in [9.17, 15) is 13.2 Å². The summed E-state index contributed by atoms with van der Waals surface area (Å²) < 4.78 is 33.4. The van der Waals surface area contributed by atoms with Gasteiger partial charge in [0.15, 0.2) is 11.5 Å². The number of carbonyl (C=O) groups excluding carboxylic acids is 1. The predicted molar refractivity (Wildman–Crippen MR) is 105 cm³/mol. The number of hydrogen-bond donors (Lipinski definition) is 2. The molecule has 0 aliphatic heterocycles. The maximum Gasteiger partial charge on any atom is 0.380 e. The van der Waals surface area contributed by atoms with E-state index in [1.807, 2.05) is 6.07 Å². The van der Waals surface area contributed by atoms with Gasteiger partial charge >= 0.3 is 16.3 Å². The predicted octanol–water partition coefficient (Wildman–Crippen LogP) is 3.28. The average Bonchev–Trinajstić information content (AvgIpc) is 2.64. The molecule has 0 saturated heterocycles. The molecule has 0 atom stereocenters. The topological polar surface area (TPSA) is 125 Å². The first-order valence-corrected chi connectivity index (χ1v) is 9.55. The fourth-order valence-corrected chi connectivity index (χ4v) is 2.94. The SMILES string of the molecule is NC(=O)N(c1ccccc1Oc1ccccc1)c1ccccc1OS(N)(=O)=O. The number of urea groups is 1. The molecular weight excluding hydrogens is 382 g/mol. The molecule has 0 aliphatic rings. The molecule has 9 heteroatoms. The summed E-state index contributed by atoms with van der Waals surface area (Å²) in [6.45, 7) is 0. The van der Waals surface area contributed by atoms with Gasteiger partial charge in [-0.3, -0.25) is 4.90 Å². The van der Waals surface area contributed by atoms with Crippen LogP contribution >= 0.6 is 0 Å². The molecule has 4 N–H and O–H groups in total. The lowest BCUT2D eigenvalue weighted by molar-refractivity contribution is 0.255. The molecule has 3 aromatic carbocycles. The van der Waals surface area contributed by atoms with Gasteiger partial charge in [-0.2, -0.15) is 13.6 Å². The standard InChI is InChI=1S/C19H17N3O5S/c20-19(23)22(16-11-5-7-13-18(16)27-28(21,24)25)15-10-4-6-12-17(15)26-14-8-2-1-3-9-14/h1-13H,(H2,20,23)(H2,21,24,25). The van der Waals surface area contributed by atoms with E-state index in [-0.39, 0.29) is 11.4 Å². The van der Waals surface area contributed by atoms with Gasteiger partial charge in [0.05, 0.1) is 11.4 Å². The Morgan fingerprint density at radius 1 is 0.786 bits per heavy atom. The lowest BCUT2D eigenvalue weighted by atomic mass is 10.2. The van der Waals surface area contributed by atoms with Gasteiger partial charge in [-0.25, -0.2) is 4.79 Å². The van der Waals surface area contributed by atoms with Crippen molar-refractivity contribution in [3.8, 4) is 17.2 Å². The summed E-state index contributed by atoms with van der Waals surface area (Å²) in [6, 6.07) is 20.7. The van der Waals surface area contributed by atoms with Gasteiger partial charge in [-0.1, -0.05) is 42.5 Å². The van der Waals surface area contributed by atoms with Crippen LogP contribution in [0.1, 0.15) is 0 Å². The van der Waals surface area contributed by atoms with E-state index < -0.39 is 16.3 Å². The van der Waals surface area contributed by atoms with Crippen molar-refractivity contribution in [2.24, 2.45) is 10.9 Å². The highest BCUT2D eigenvalue weighted by Gasteiger charge is 2.24. The van der Waals surface area contributed by atoms with Crippen molar-refractivity contribution >= 4 is 27.7 Å². The first-order valence-electron chi connectivity index (χ1n) is 8.08. The van der Waals surface area contributed by atoms with E-state index in [0.717, 1.165) is 4.90 Å². The molecule has 0 unspecified atom stereocenters. The van der Waals surface area contributed by atoms with Gasteiger partial charge in [-0.05, 0) is 36.4 Å². The molecule has 3 rings (SSSR count). The lowest BCUT2D eigenvalue weighted by Gasteiger charge is -2.24. The first-order chi connectivity index (χ1) is 13.3. The molecule has 0 spiro atoms. The maximum atomic E-state index is 12.3. The second kappa shape index (κ2) is 7.99. The molecule has 0 radical (unpaired) electrons. The fourth-order valence-electron chi connectivity index (χ4n) is 2.55. The minimum Gasteiger partial charge on any atom is -0.455 e. The third-order valence-corrected chi connectivity index (χ3v) is 4.02. The molecule has 0 aromatic heterocycles. The average molecular weight is 399 g/mol. The Hall–Kier alpha value is -3.56. The van der Waals surface area contributed by atoms with Crippen molar-refractivity contribution in [3.63, 3.8) is 0 Å². The summed E-state index contributed by atoms with van der Waals surface area (Å²) in [5, 5.41) is 4.97.